The molecule has 0 N–H and O–H groups in total. The zero-order chi connectivity index (χ0) is 23.7. The number of alkyl halides is 6. The summed E-state index contributed by atoms with van der Waals surface area (Å²) in [6.07, 6.45) is -8.82. The molecule has 0 aromatic heterocycles. The highest BCUT2D eigenvalue weighted by Gasteiger charge is 2.37. The highest BCUT2D eigenvalue weighted by atomic mass is 19.4. The standard InChI is InChI=1S/C23H21F7O2/c1-3-14-7-8-31-20(9-14)18-5-4-6-19(24)21(18)32-13(2)15-10-16(22(25,26)27)12-17(11-15)23(28,29)30/h3-6,10-14,20H,1,7-9H2,2H3. The first kappa shape index (κ1) is 24.1. The minimum Gasteiger partial charge on any atom is -0.483 e. The summed E-state index contributed by atoms with van der Waals surface area (Å²) in [5.41, 5.74) is -2.96. The molecule has 2 aromatic carbocycles. The fraction of sp³-hybridized carbons (Fsp3) is 0.391. The number of hydrogen-bond donors (Lipinski definition) is 0. The Bertz CT molecular complexity index is 934. The summed E-state index contributed by atoms with van der Waals surface area (Å²) in [5.74, 6) is -0.928. The van der Waals surface area contributed by atoms with Crippen LogP contribution in [0, 0.1) is 11.7 Å². The van der Waals surface area contributed by atoms with E-state index in [1.807, 2.05) is 0 Å². The molecule has 3 unspecified atom stereocenters. The second kappa shape index (κ2) is 9.13. The average Bonchev–Trinajstić information content (AvgIpc) is 2.73. The van der Waals surface area contributed by atoms with Gasteiger partial charge in [-0.1, -0.05) is 18.2 Å². The van der Waals surface area contributed by atoms with Crippen molar-refractivity contribution in [1.29, 1.82) is 0 Å². The maximum Gasteiger partial charge on any atom is 0.416 e. The van der Waals surface area contributed by atoms with E-state index in [9.17, 15) is 30.7 Å². The van der Waals surface area contributed by atoms with Gasteiger partial charge in [0.15, 0.2) is 11.6 Å². The zero-order valence-corrected chi connectivity index (χ0v) is 17.1. The highest BCUT2D eigenvalue weighted by molar-refractivity contribution is 5.39. The van der Waals surface area contributed by atoms with Crippen molar-refractivity contribution in [1.82, 2.24) is 0 Å². The average molecular weight is 462 g/mol. The number of ether oxygens (including phenoxy) is 2. The summed E-state index contributed by atoms with van der Waals surface area (Å²) in [7, 11) is 0. The molecule has 3 atom stereocenters. The van der Waals surface area contributed by atoms with Gasteiger partial charge < -0.3 is 9.47 Å². The molecule has 1 aliphatic rings. The summed E-state index contributed by atoms with van der Waals surface area (Å²) in [5, 5.41) is 0. The van der Waals surface area contributed by atoms with Gasteiger partial charge >= 0.3 is 12.4 Å². The van der Waals surface area contributed by atoms with Crippen LogP contribution >= 0.6 is 0 Å². The first-order valence-electron chi connectivity index (χ1n) is 9.88. The normalized spacial score (nSPS) is 20.6. The van der Waals surface area contributed by atoms with Crippen molar-refractivity contribution in [3.8, 4) is 5.75 Å². The van der Waals surface area contributed by atoms with Crippen LogP contribution in [0.15, 0.2) is 49.1 Å². The number of rotatable bonds is 5. The van der Waals surface area contributed by atoms with Crippen LogP contribution in [-0.2, 0) is 17.1 Å². The van der Waals surface area contributed by atoms with Crippen molar-refractivity contribution in [3.05, 3.63) is 77.1 Å². The molecule has 0 spiro atoms. The van der Waals surface area contributed by atoms with Gasteiger partial charge in [-0.05, 0) is 55.5 Å². The fourth-order valence-electron chi connectivity index (χ4n) is 3.62. The summed E-state index contributed by atoms with van der Waals surface area (Å²) >= 11 is 0. The van der Waals surface area contributed by atoms with Crippen LogP contribution < -0.4 is 4.74 Å². The third-order valence-electron chi connectivity index (χ3n) is 5.38. The molecule has 2 aromatic rings. The molecule has 1 fully saturated rings. The van der Waals surface area contributed by atoms with E-state index in [1.54, 1.807) is 12.1 Å². The molecular weight excluding hydrogens is 441 g/mol. The van der Waals surface area contributed by atoms with Crippen LogP contribution in [0.4, 0.5) is 30.7 Å². The van der Waals surface area contributed by atoms with Crippen LogP contribution in [0.5, 0.6) is 5.75 Å². The Labute approximate surface area is 180 Å². The topological polar surface area (TPSA) is 18.5 Å². The molecule has 32 heavy (non-hydrogen) atoms. The minimum atomic E-state index is -4.99. The second-order valence-corrected chi connectivity index (χ2v) is 7.64. The predicted molar refractivity (Wildman–Crippen MR) is 104 cm³/mol. The molecule has 0 saturated carbocycles. The Hall–Kier alpha value is -2.55. The van der Waals surface area contributed by atoms with Crippen molar-refractivity contribution in [2.75, 3.05) is 6.61 Å². The SMILES string of the molecule is C=CC1CCOC(c2cccc(F)c2OC(C)c2cc(C(F)(F)F)cc(C(F)(F)F)c2)C1. The second-order valence-electron chi connectivity index (χ2n) is 7.64. The van der Waals surface area contributed by atoms with Gasteiger partial charge in [-0.2, -0.15) is 26.3 Å². The molecule has 2 nitrogen and oxygen atoms in total. The van der Waals surface area contributed by atoms with E-state index in [1.165, 1.54) is 13.0 Å². The van der Waals surface area contributed by atoms with Gasteiger partial charge in [-0.3, -0.25) is 0 Å². The number of para-hydroxylation sites is 1. The third-order valence-corrected chi connectivity index (χ3v) is 5.38. The zero-order valence-electron chi connectivity index (χ0n) is 17.1. The summed E-state index contributed by atoms with van der Waals surface area (Å²) in [6.45, 7) is 5.41. The molecule has 0 bridgehead atoms. The number of allylic oxidation sites excluding steroid dienone is 1. The molecule has 174 valence electrons. The lowest BCUT2D eigenvalue weighted by molar-refractivity contribution is -0.143. The van der Waals surface area contributed by atoms with Gasteiger partial charge in [0.25, 0.3) is 0 Å². The molecular formula is C23H21F7O2. The first-order chi connectivity index (χ1) is 14.9. The largest absolute Gasteiger partial charge is 0.483 e. The van der Waals surface area contributed by atoms with Crippen molar-refractivity contribution in [2.45, 2.75) is 44.3 Å². The highest BCUT2D eigenvalue weighted by Crippen LogP contribution is 2.41. The van der Waals surface area contributed by atoms with Gasteiger partial charge in [0, 0.05) is 12.2 Å². The molecule has 0 aliphatic carbocycles. The quantitative estimate of drug-likeness (QED) is 0.336. The van der Waals surface area contributed by atoms with Gasteiger partial charge in [-0.15, -0.1) is 6.58 Å². The van der Waals surface area contributed by atoms with Crippen LogP contribution in [0.3, 0.4) is 0 Å². The lowest BCUT2D eigenvalue weighted by atomic mass is 9.91. The lowest BCUT2D eigenvalue weighted by Gasteiger charge is -2.30. The molecule has 0 radical (unpaired) electrons. The van der Waals surface area contributed by atoms with Crippen molar-refractivity contribution in [2.24, 2.45) is 5.92 Å². The van der Waals surface area contributed by atoms with Crippen LogP contribution in [0.1, 0.15) is 54.2 Å². The maximum atomic E-state index is 14.6. The summed E-state index contributed by atoms with van der Waals surface area (Å²) < 4.78 is 105. The van der Waals surface area contributed by atoms with Gasteiger partial charge in [0.2, 0.25) is 0 Å². The molecule has 1 saturated heterocycles. The summed E-state index contributed by atoms with van der Waals surface area (Å²) in [4.78, 5) is 0. The van der Waals surface area contributed by atoms with E-state index < -0.39 is 41.5 Å². The minimum absolute atomic E-state index is 0.0377. The van der Waals surface area contributed by atoms with Crippen LogP contribution in [-0.4, -0.2) is 6.61 Å². The smallest absolute Gasteiger partial charge is 0.416 e. The van der Waals surface area contributed by atoms with E-state index in [0.717, 1.165) is 12.5 Å². The van der Waals surface area contributed by atoms with Gasteiger partial charge in [-0.25, -0.2) is 4.39 Å². The lowest BCUT2D eigenvalue weighted by Crippen LogP contribution is -2.20. The van der Waals surface area contributed by atoms with E-state index >= 15 is 0 Å². The maximum absolute atomic E-state index is 14.6. The van der Waals surface area contributed by atoms with Crippen LogP contribution in [0.25, 0.3) is 0 Å². The molecule has 1 heterocycles. The van der Waals surface area contributed by atoms with Gasteiger partial charge in [0.05, 0.1) is 17.2 Å². The first-order valence-corrected chi connectivity index (χ1v) is 9.88. The Morgan fingerprint density at radius 1 is 1.06 bits per heavy atom. The number of hydrogen-bond acceptors (Lipinski definition) is 2. The Kier molecular flexibility index (Phi) is 6.88. The van der Waals surface area contributed by atoms with Crippen LogP contribution in [0.2, 0.25) is 0 Å². The Balaban J connectivity index is 1.97. The monoisotopic (exact) mass is 462 g/mol. The molecule has 9 heteroatoms. The molecule has 1 aliphatic heterocycles. The van der Waals surface area contributed by atoms with E-state index in [2.05, 4.69) is 6.58 Å². The Morgan fingerprint density at radius 3 is 2.25 bits per heavy atom. The van der Waals surface area contributed by atoms with E-state index in [4.69, 9.17) is 9.47 Å². The van der Waals surface area contributed by atoms with Crippen molar-refractivity contribution < 1.29 is 40.2 Å². The third kappa shape index (κ3) is 5.43. The van der Waals surface area contributed by atoms with E-state index in [-0.39, 0.29) is 23.3 Å². The molecule has 0 amide bonds. The fourth-order valence-corrected chi connectivity index (χ4v) is 3.62. The number of halogens is 7. The van der Waals surface area contributed by atoms with Gasteiger partial charge in [0.1, 0.15) is 6.10 Å². The Morgan fingerprint density at radius 2 is 1.69 bits per heavy atom. The number of benzene rings is 2. The van der Waals surface area contributed by atoms with Crippen molar-refractivity contribution >= 4 is 0 Å². The predicted octanol–water partition coefficient (Wildman–Crippen LogP) is 7.66. The summed E-state index contributed by atoms with van der Waals surface area (Å²) in [6, 6.07) is 5.29. The molecule has 3 rings (SSSR count). The van der Waals surface area contributed by atoms with E-state index in [0.29, 0.717) is 30.7 Å². The van der Waals surface area contributed by atoms with Crippen molar-refractivity contribution in [3.63, 3.8) is 0 Å².